The summed E-state index contributed by atoms with van der Waals surface area (Å²) in [4.78, 5) is 11.0. The molecular weight excluding hydrogens is 254 g/mol. The van der Waals surface area contributed by atoms with E-state index in [2.05, 4.69) is 12.1 Å². The van der Waals surface area contributed by atoms with Gasteiger partial charge in [0.1, 0.15) is 5.76 Å². The average Bonchev–Trinajstić information content (AvgIpc) is 2.92. The van der Waals surface area contributed by atoms with Crippen LogP contribution in [0.25, 0.3) is 0 Å². The monoisotopic (exact) mass is 273 g/mol. The van der Waals surface area contributed by atoms with Gasteiger partial charge in [0, 0.05) is 0 Å². The Morgan fingerprint density at radius 1 is 1.15 bits per heavy atom. The Balaban J connectivity index is 1.83. The van der Waals surface area contributed by atoms with E-state index in [-0.39, 0.29) is 5.76 Å². The van der Waals surface area contributed by atoms with E-state index in [1.807, 2.05) is 18.2 Å². The highest BCUT2D eigenvalue weighted by Crippen LogP contribution is 2.21. The lowest BCUT2D eigenvalue weighted by atomic mass is 10.0. The number of primary amides is 1. The molecule has 1 heterocycles. The lowest BCUT2D eigenvalue weighted by molar-refractivity contribution is -0.127. The number of nitrogens with two attached hydrogens (primary N) is 1. The van der Waals surface area contributed by atoms with Gasteiger partial charge in [0.25, 0.3) is 5.91 Å². The van der Waals surface area contributed by atoms with Crippen LogP contribution in [0.15, 0.2) is 47.1 Å². The van der Waals surface area contributed by atoms with Crippen molar-refractivity contribution in [1.29, 1.82) is 0 Å². The molecule has 2 rings (SSSR count). The van der Waals surface area contributed by atoms with E-state index in [9.17, 15) is 9.90 Å². The molecule has 0 radical (unpaired) electrons. The van der Waals surface area contributed by atoms with Crippen LogP contribution in [0.2, 0.25) is 0 Å². The number of unbranched alkanes of at least 4 members (excludes halogenated alkanes) is 1. The van der Waals surface area contributed by atoms with Gasteiger partial charge in [-0.15, -0.1) is 0 Å². The Bertz CT molecular complexity index is 548. The Hall–Kier alpha value is -2.07. The maximum Gasteiger partial charge on any atom is 0.254 e. The van der Waals surface area contributed by atoms with Crippen molar-refractivity contribution < 1.29 is 14.3 Å². The lowest BCUT2D eigenvalue weighted by Gasteiger charge is -2.06. The maximum absolute atomic E-state index is 11.0. The number of amides is 1. The summed E-state index contributed by atoms with van der Waals surface area (Å²) in [5, 5.41) is 9.63. The first-order chi connectivity index (χ1) is 9.68. The zero-order valence-corrected chi connectivity index (χ0v) is 11.3. The van der Waals surface area contributed by atoms with Crippen molar-refractivity contribution in [2.75, 3.05) is 0 Å². The van der Waals surface area contributed by atoms with Crippen molar-refractivity contribution in [2.45, 2.75) is 31.8 Å². The van der Waals surface area contributed by atoms with E-state index < -0.39 is 12.0 Å². The first kappa shape index (κ1) is 14.3. The maximum atomic E-state index is 11.0. The first-order valence-corrected chi connectivity index (χ1v) is 6.76. The zero-order chi connectivity index (χ0) is 14.4. The summed E-state index contributed by atoms with van der Waals surface area (Å²) >= 11 is 0. The van der Waals surface area contributed by atoms with Crippen LogP contribution < -0.4 is 5.73 Å². The van der Waals surface area contributed by atoms with Crippen LogP contribution in [0.1, 0.15) is 35.8 Å². The Morgan fingerprint density at radius 3 is 2.55 bits per heavy atom. The highest BCUT2D eigenvalue weighted by molar-refractivity contribution is 5.79. The second-order valence-corrected chi connectivity index (χ2v) is 4.81. The minimum absolute atomic E-state index is 0.275. The van der Waals surface area contributed by atoms with Gasteiger partial charge in [-0.2, -0.15) is 0 Å². The molecule has 0 bridgehead atoms. The van der Waals surface area contributed by atoms with Crippen LogP contribution in [-0.4, -0.2) is 11.0 Å². The van der Waals surface area contributed by atoms with E-state index >= 15 is 0 Å². The highest BCUT2D eigenvalue weighted by atomic mass is 16.4. The Labute approximate surface area is 118 Å². The van der Waals surface area contributed by atoms with Gasteiger partial charge >= 0.3 is 0 Å². The molecule has 0 fully saturated rings. The summed E-state index contributed by atoms with van der Waals surface area (Å²) in [5.41, 5.74) is 7.25. The smallest absolute Gasteiger partial charge is 0.254 e. The van der Waals surface area contributed by atoms with Crippen LogP contribution in [0, 0.1) is 0 Å². The molecule has 4 nitrogen and oxygen atoms in total. The van der Waals surface area contributed by atoms with Gasteiger partial charge in [-0.1, -0.05) is 30.3 Å². The molecule has 0 aliphatic heterocycles. The van der Waals surface area contributed by atoms with Gasteiger partial charge in [0.05, 0.1) is 6.26 Å². The molecule has 1 aromatic carbocycles. The molecular formula is C16H19NO3. The minimum Gasteiger partial charge on any atom is -0.466 e. The van der Waals surface area contributed by atoms with Crippen LogP contribution in [0.3, 0.4) is 0 Å². The third-order valence-electron chi connectivity index (χ3n) is 3.30. The average molecular weight is 273 g/mol. The zero-order valence-electron chi connectivity index (χ0n) is 11.3. The van der Waals surface area contributed by atoms with Gasteiger partial charge in [0.15, 0.2) is 6.10 Å². The summed E-state index contributed by atoms with van der Waals surface area (Å²) in [5.74, 6) is -0.511. The molecule has 0 aliphatic rings. The molecule has 1 atom stereocenters. The Morgan fingerprint density at radius 2 is 1.85 bits per heavy atom. The van der Waals surface area contributed by atoms with Crippen LogP contribution in [0.4, 0.5) is 0 Å². The van der Waals surface area contributed by atoms with Crippen molar-refractivity contribution in [2.24, 2.45) is 5.73 Å². The fourth-order valence-electron chi connectivity index (χ4n) is 2.21. The number of benzene rings is 1. The minimum atomic E-state index is -1.35. The molecule has 0 saturated carbocycles. The summed E-state index contributed by atoms with van der Waals surface area (Å²) in [6, 6.07) is 12.1. The summed E-state index contributed by atoms with van der Waals surface area (Å²) < 4.78 is 5.15. The van der Waals surface area contributed by atoms with Crippen molar-refractivity contribution in [3.63, 3.8) is 0 Å². The van der Waals surface area contributed by atoms with Crippen molar-refractivity contribution in [1.82, 2.24) is 0 Å². The van der Waals surface area contributed by atoms with Gasteiger partial charge in [0.2, 0.25) is 0 Å². The number of aliphatic hydroxyl groups excluding tert-OH is 1. The second-order valence-electron chi connectivity index (χ2n) is 4.81. The van der Waals surface area contributed by atoms with E-state index in [1.165, 1.54) is 11.8 Å². The molecule has 0 spiro atoms. The summed E-state index contributed by atoms with van der Waals surface area (Å²) in [6.45, 7) is 0. The summed E-state index contributed by atoms with van der Waals surface area (Å²) in [7, 11) is 0. The number of hydrogen-bond acceptors (Lipinski definition) is 3. The predicted octanol–water partition coefficient (Wildman–Crippen LogP) is 2.36. The van der Waals surface area contributed by atoms with E-state index in [0.717, 1.165) is 31.2 Å². The van der Waals surface area contributed by atoms with E-state index in [4.69, 9.17) is 10.2 Å². The number of furan rings is 1. The SMILES string of the molecule is NC(=O)C(O)c1occc1CCCCc1ccccc1. The third kappa shape index (κ3) is 3.71. The molecule has 20 heavy (non-hydrogen) atoms. The van der Waals surface area contributed by atoms with Gasteiger partial charge in [-0.3, -0.25) is 4.79 Å². The molecule has 1 unspecified atom stereocenters. The van der Waals surface area contributed by atoms with Crippen LogP contribution in [-0.2, 0) is 17.6 Å². The number of carbonyl (C=O) groups excluding carboxylic acids is 1. The lowest BCUT2D eigenvalue weighted by Crippen LogP contribution is -2.21. The fourth-order valence-corrected chi connectivity index (χ4v) is 2.21. The standard InChI is InChI=1S/C16H19NO3/c17-16(19)14(18)15-13(10-11-20-15)9-5-4-8-12-6-2-1-3-7-12/h1-3,6-7,10-11,14,18H,4-5,8-9H2,(H2,17,19). The van der Waals surface area contributed by atoms with Gasteiger partial charge in [-0.05, 0) is 42.9 Å². The quantitative estimate of drug-likeness (QED) is 0.760. The number of aryl methyl sites for hydroxylation is 2. The summed E-state index contributed by atoms with van der Waals surface area (Å²) in [6.07, 6.45) is 3.92. The fraction of sp³-hybridized carbons (Fsp3) is 0.312. The highest BCUT2D eigenvalue weighted by Gasteiger charge is 2.20. The molecule has 106 valence electrons. The normalized spacial score (nSPS) is 12.2. The van der Waals surface area contributed by atoms with E-state index in [1.54, 1.807) is 6.07 Å². The molecule has 1 amide bonds. The van der Waals surface area contributed by atoms with E-state index in [0.29, 0.717) is 0 Å². The topological polar surface area (TPSA) is 76.5 Å². The van der Waals surface area contributed by atoms with Gasteiger partial charge in [-0.25, -0.2) is 0 Å². The molecule has 0 aliphatic carbocycles. The molecule has 4 heteroatoms. The third-order valence-corrected chi connectivity index (χ3v) is 3.30. The van der Waals surface area contributed by atoms with Crippen molar-refractivity contribution in [3.05, 3.63) is 59.5 Å². The number of rotatable bonds is 7. The molecule has 1 aromatic heterocycles. The van der Waals surface area contributed by atoms with Crippen LogP contribution >= 0.6 is 0 Å². The Kier molecular flexibility index (Phi) is 4.96. The number of carbonyl (C=O) groups is 1. The second kappa shape index (κ2) is 6.91. The first-order valence-electron chi connectivity index (χ1n) is 6.76. The number of aliphatic hydroxyl groups is 1. The van der Waals surface area contributed by atoms with Gasteiger partial charge < -0.3 is 15.3 Å². The van der Waals surface area contributed by atoms with Crippen LogP contribution in [0.5, 0.6) is 0 Å². The molecule has 0 saturated heterocycles. The predicted molar refractivity (Wildman–Crippen MR) is 75.9 cm³/mol. The van der Waals surface area contributed by atoms with Crippen molar-refractivity contribution >= 4 is 5.91 Å². The number of hydrogen-bond donors (Lipinski definition) is 2. The molecule has 3 N–H and O–H groups in total. The van der Waals surface area contributed by atoms with Crippen molar-refractivity contribution in [3.8, 4) is 0 Å². The molecule has 2 aromatic rings. The largest absolute Gasteiger partial charge is 0.466 e.